The van der Waals surface area contributed by atoms with Crippen LogP contribution in [-0.2, 0) is 6.42 Å². The molecule has 1 aromatic heterocycles. The molecule has 1 heterocycles. The minimum atomic E-state index is -0.996. The second kappa shape index (κ2) is 6.61. The molecule has 0 unspecified atom stereocenters. The summed E-state index contributed by atoms with van der Waals surface area (Å²) in [5.41, 5.74) is 2.76. The van der Waals surface area contributed by atoms with Crippen molar-refractivity contribution < 1.29 is 0 Å². The fraction of sp³-hybridized carbons (Fsp3) is 0.647. The maximum absolute atomic E-state index is 5.65. The Kier molecular flexibility index (Phi) is 5.05. The van der Waals surface area contributed by atoms with Gasteiger partial charge in [0.2, 0.25) is 0 Å². The SMILES string of the molecule is C#Cc1c(CC)ncnc1NC1CCC([Si](C)(C)C)CC1. The van der Waals surface area contributed by atoms with Crippen molar-refractivity contribution in [3.05, 3.63) is 17.6 Å². The van der Waals surface area contributed by atoms with Gasteiger partial charge in [0.15, 0.2) is 0 Å². The number of terminal acetylenes is 1. The van der Waals surface area contributed by atoms with Crippen LogP contribution in [0.4, 0.5) is 5.82 Å². The van der Waals surface area contributed by atoms with Crippen LogP contribution in [-0.4, -0.2) is 24.1 Å². The molecule has 0 radical (unpaired) electrons. The fourth-order valence-corrected chi connectivity index (χ4v) is 5.31. The second-order valence-corrected chi connectivity index (χ2v) is 12.6. The largest absolute Gasteiger partial charge is 0.366 e. The molecule has 1 aliphatic rings. The molecule has 4 heteroatoms. The molecule has 0 atom stereocenters. The lowest BCUT2D eigenvalue weighted by Crippen LogP contribution is -2.35. The van der Waals surface area contributed by atoms with Crippen LogP contribution >= 0.6 is 0 Å². The topological polar surface area (TPSA) is 37.8 Å². The maximum Gasteiger partial charge on any atom is 0.145 e. The summed E-state index contributed by atoms with van der Waals surface area (Å²) in [4.78, 5) is 8.64. The summed E-state index contributed by atoms with van der Waals surface area (Å²) < 4.78 is 0. The quantitative estimate of drug-likeness (QED) is 0.672. The highest BCUT2D eigenvalue weighted by Crippen LogP contribution is 2.37. The van der Waals surface area contributed by atoms with Gasteiger partial charge < -0.3 is 5.32 Å². The normalized spacial score (nSPS) is 22.6. The molecule has 0 aromatic carbocycles. The number of hydrogen-bond donors (Lipinski definition) is 1. The van der Waals surface area contributed by atoms with Gasteiger partial charge in [-0.1, -0.05) is 45.3 Å². The highest BCUT2D eigenvalue weighted by atomic mass is 28.3. The van der Waals surface area contributed by atoms with E-state index in [4.69, 9.17) is 6.42 Å². The molecule has 0 saturated heterocycles. The van der Waals surface area contributed by atoms with Gasteiger partial charge in [-0.3, -0.25) is 0 Å². The molecule has 114 valence electrons. The van der Waals surface area contributed by atoms with Crippen molar-refractivity contribution >= 4 is 13.9 Å². The molecule has 1 N–H and O–H groups in total. The van der Waals surface area contributed by atoms with Gasteiger partial charge in [0, 0.05) is 14.1 Å². The Morgan fingerprint density at radius 2 is 1.90 bits per heavy atom. The van der Waals surface area contributed by atoms with Crippen molar-refractivity contribution in [1.29, 1.82) is 0 Å². The molecule has 0 spiro atoms. The van der Waals surface area contributed by atoms with Crippen LogP contribution in [0.3, 0.4) is 0 Å². The molecule has 0 bridgehead atoms. The zero-order chi connectivity index (χ0) is 15.5. The zero-order valence-electron chi connectivity index (χ0n) is 13.7. The van der Waals surface area contributed by atoms with E-state index in [-0.39, 0.29) is 0 Å². The number of rotatable bonds is 4. The van der Waals surface area contributed by atoms with Crippen molar-refractivity contribution in [2.45, 2.75) is 70.3 Å². The van der Waals surface area contributed by atoms with Crippen molar-refractivity contribution in [1.82, 2.24) is 9.97 Å². The van der Waals surface area contributed by atoms with Gasteiger partial charge in [-0.2, -0.15) is 0 Å². The van der Waals surface area contributed by atoms with E-state index in [0.29, 0.717) is 6.04 Å². The van der Waals surface area contributed by atoms with Crippen LogP contribution in [0.25, 0.3) is 0 Å². The van der Waals surface area contributed by atoms with Gasteiger partial charge in [-0.05, 0) is 24.8 Å². The van der Waals surface area contributed by atoms with Crippen LogP contribution < -0.4 is 5.32 Å². The maximum atomic E-state index is 5.65. The first kappa shape index (κ1) is 16.0. The number of nitrogens with one attached hydrogen (secondary N) is 1. The van der Waals surface area contributed by atoms with E-state index in [9.17, 15) is 0 Å². The van der Waals surface area contributed by atoms with Gasteiger partial charge in [0.25, 0.3) is 0 Å². The fourth-order valence-electron chi connectivity index (χ4n) is 3.25. The van der Waals surface area contributed by atoms with Gasteiger partial charge >= 0.3 is 0 Å². The van der Waals surface area contributed by atoms with E-state index in [1.807, 2.05) is 0 Å². The molecule has 0 amide bonds. The minimum absolute atomic E-state index is 0.504. The van der Waals surface area contributed by atoms with Crippen molar-refractivity contribution in [3.8, 4) is 12.3 Å². The number of hydrogen-bond acceptors (Lipinski definition) is 3. The highest BCUT2D eigenvalue weighted by Gasteiger charge is 2.31. The Bertz CT molecular complexity index is 520. The Morgan fingerprint density at radius 1 is 1.24 bits per heavy atom. The lowest BCUT2D eigenvalue weighted by molar-refractivity contribution is 0.453. The molecule has 2 rings (SSSR count). The summed E-state index contributed by atoms with van der Waals surface area (Å²) in [6, 6.07) is 0.504. The van der Waals surface area contributed by atoms with Crippen LogP contribution in [0, 0.1) is 12.3 Å². The standard InChI is InChI=1S/C17H27N3Si/c1-6-15-16(7-2)18-12-19-17(15)20-13-8-10-14(11-9-13)21(3,4)5/h1,12-14H,7-11H2,2-5H3,(H,18,19,20). The first-order valence-electron chi connectivity index (χ1n) is 8.02. The summed E-state index contributed by atoms with van der Waals surface area (Å²) in [6.45, 7) is 9.53. The molecule has 1 saturated carbocycles. The van der Waals surface area contributed by atoms with Gasteiger partial charge in [0.1, 0.15) is 12.1 Å². The Balaban J connectivity index is 2.03. The molecule has 21 heavy (non-hydrogen) atoms. The predicted molar refractivity (Wildman–Crippen MR) is 92.3 cm³/mol. The third kappa shape index (κ3) is 3.85. The van der Waals surface area contributed by atoms with Crippen molar-refractivity contribution in [2.75, 3.05) is 5.32 Å². The first-order chi connectivity index (χ1) is 9.95. The summed E-state index contributed by atoms with van der Waals surface area (Å²) in [5, 5.41) is 3.57. The van der Waals surface area contributed by atoms with Crippen LogP contribution in [0.15, 0.2) is 6.33 Å². The average Bonchev–Trinajstić information content (AvgIpc) is 2.46. The van der Waals surface area contributed by atoms with Crippen LogP contribution in [0.2, 0.25) is 25.2 Å². The third-order valence-corrected chi connectivity index (χ3v) is 7.72. The van der Waals surface area contributed by atoms with E-state index in [0.717, 1.165) is 29.0 Å². The predicted octanol–water partition coefficient (Wildman–Crippen LogP) is 4.08. The Hall–Kier alpha value is -1.34. The number of aromatic nitrogens is 2. The first-order valence-corrected chi connectivity index (χ1v) is 11.6. The lowest BCUT2D eigenvalue weighted by Gasteiger charge is -2.36. The average molecular weight is 302 g/mol. The molecule has 1 aliphatic carbocycles. The Morgan fingerprint density at radius 3 is 2.43 bits per heavy atom. The molecule has 1 aromatic rings. The highest BCUT2D eigenvalue weighted by molar-refractivity contribution is 6.77. The van der Waals surface area contributed by atoms with E-state index >= 15 is 0 Å². The van der Waals surface area contributed by atoms with Crippen molar-refractivity contribution in [2.24, 2.45) is 0 Å². The minimum Gasteiger partial charge on any atom is -0.366 e. The van der Waals surface area contributed by atoms with Crippen LogP contribution in [0.5, 0.6) is 0 Å². The number of aryl methyl sites for hydroxylation is 1. The smallest absolute Gasteiger partial charge is 0.145 e. The van der Waals surface area contributed by atoms with E-state index < -0.39 is 8.07 Å². The third-order valence-electron chi connectivity index (χ3n) is 4.70. The number of anilines is 1. The lowest BCUT2D eigenvalue weighted by atomic mass is 9.94. The van der Waals surface area contributed by atoms with E-state index in [1.165, 1.54) is 25.7 Å². The van der Waals surface area contributed by atoms with Crippen LogP contribution in [0.1, 0.15) is 43.9 Å². The molecule has 1 fully saturated rings. The summed E-state index contributed by atoms with van der Waals surface area (Å²) in [5.74, 6) is 3.61. The molecule has 0 aliphatic heterocycles. The van der Waals surface area contributed by atoms with E-state index in [1.54, 1.807) is 6.33 Å². The van der Waals surface area contributed by atoms with E-state index in [2.05, 4.69) is 47.8 Å². The molecular formula is C17H27N3Si. The van der Waals surface area contributed by atoms with Crippen molar-refractivity contribution in [3.63, 3.8) is 0 Å². The van der Waals surface area contributed by atoms with Gasteiger partial charge in [0.05, 0.1) is 11.3 Å². The molecule has 3 nitrogen and oxygen atoms in total. The summed E-state index contributed by atoms with van der Waals surface area (Å²) in [7, 11) is -0.996. The second-order valence-electron chi connectivity index (χ2n) is 7.10. The monoisotopic (exact) mass is 301 g/mol. The number of nitrogens with zero attached hydrogens (tertiary/aromatic N) is 2. The Labute approximate surface area is 130 Å². The summed E-state index contributed by atoms with van der Waals surface area (Å²) >= 11 is 0. The van der Waals surface area contributed by atoms with Gasteiger partial charge in [-0.15, -0.1) is 6.42 Å². The summed E-state index contributed by atoms with van der Waals surface area (Å²) in [6.07, 6.45) is 13.2. The van der Waals surface area contributed by atoms with Gasteiger partial charge in [-0.25, -0.2) is 9.97 Å². The zero-order valence-corrected chi connectivity index (χ0v) is 14.7. The molecular weight excluding hydrogens is 274 g/mol.